The summed E-state index contributed by atoms with van der Waals surface area (Å²) in [5.74, 6) is 1.62. The number of sulfone groups is 1. The Morgan fingerprint density at radius 3 is 2.43 bits per heavy atom. The lowest BCUT2D eigenvalue weighted by Gasteiger charge is -2.45. The lowest BCUT2D eigenvalue weighted by atomic mass is 9.99. The summed E-state index contributed by atoms with van der Waals surface area (Å²) in [6.45, 7) is 8.40. The van der Waals surface area contributed by atoms with E-state index < -0.39 is 9.84 Å². The topological polar surface area (TPSA) is 115 Å². The molecule has 10 heteroatoms. The SMILES string of the molecule is Cc1ccccc1N/C(=N/C#N)N1CCN(c2cnc(-c3ccc(S(C)(=O)=O)cc3)cn2)CC1C(C)C. The lowest BCUT2D eigenvalue weighted by Crippen LogP contribution is -2.58. The molecule has 0 aliphatic carbocycles. The highest BCUT2D eigenvalue weighted by atomic mass is 32.2. The van der Waals surface area contributed by atoms with Crippen molar-refractivity contribution < 1.29 is 8.42 Å². The minimum atomic E-state index is -3.25. The number of nitriles is 1. The van der Waals surface area contributed by atoms with E-state index in [1.54, 1.807) is 36.7 Å². The second-order valence-corrected chi connectivity index (χ2v) is 11.5. The number of hydrogen-bond acceptors (Lipinski definition) is 7. The standard InChI is InChI=1S/C27H31N7O2S/c1-19(2)25-17-33(13-14-34(25)27(31-18-28)32-23-8-6-5-7-20(23)3)26-16-29-24(15-30-26)21-9-11-22(12-10-21)37(4,35)36/h5-12,15-16,19,25H,13-14,17H2,1-4H3,(H,31,32). The summed E-state index contributed by atoms with van der Waals surface area (Å²) in [5.41, 5.74) is 3.48. The van der Waals surface area contributed by atoms with E-state index in [-0.39, 0.29) is 10.9 Å². The molecule has 1 N–H and O–H groups in total. The Bertz CT molecular complexity index is 1410. The van der Waals surface area contributed by atoms with Crippen LogP contribution >= 0.6 is 0 Å². The highest BCUT2D eigenvalue weighted by Gasteiger charge is 2.32. The van der Waals surface area contributed by atoms with Crippen molar-refractivity contribution in [2.24, 2.45) is 10.9 Å². The molecule has 1 aliphatic rings. The van der Waals surface area contributed by atoms with Gasteiger partial charge < -0.3 is 15.1 Å². The van der Waals surface area contributed by atoms with Crippen molar-refractivity contribution in [3.05, 3.63) is 66.5 Å². The minimum Gasteiger partial charge on any atom is -0.351 e. The van der Waals surface area contributed by atoms with Crippen LogP contribution in [-0.4, -0.2) is 61.2 Å². The van der Waals surface area contributed by atoms with Crippen LogP contribution in [0.1, 0.15) is 19.4 Å². The van der Waals surface area contributed by atoms with Crippen molar-refractivity contribution in [2.75, 3.05) is 36.1 Å². The quantitative estimate of drug-likeness (QED) is 0.307. The number of anilines is 2. The van der Waals surface area contributed by atoms with E-state index in [1.165, 1.54) is 6.26 Å². The first-order valence-electron chi connectivity index (χ1n) is 12.1. The van der Waals surface area contributed by atoms with E-state index in [0.717, 1.165) is 22.6 Å². The van der Waals surface area contributed by atoms with Gasteiger partial charge in [-0.2, -0.15) is 5.26 Å². The van der Waals surface area contributed by atoms with Gasteiger partial charge in [0, 0.05) is 37.1 Å². The normalized spacial score (nSPS) is 16.5. The van der Waals surface area contributed by atoms with Gasteiger partial charge in [-0.1, -0.05) is 44.2 Å². The molecule has 1 aromatic heterocycles. The highest BCUT2D eigenvalue weighted by Crippen LogP contribution is 2.25. The maximum atomic E-state index is 11.7. The Kier molecular flexibility index (Phi) is 7.74. The average molecular weight is 518 g/mol. The largest absolute Gasteiger partial charge is 0.351 e. The van der Waals surface area contributed by atoms with Crippen LogP contribution in [0.4, 0.5) is 11.5 Å². The van der Waals surface area contributed by atoms with Gasteiger partial charge >= 0.3 is 0 Å². The molecule has 0 saturated carbocycles. The van der Waals surface area contributed by atoms with Crippen LogP contribution in [0.2, 0.25) is 0 Å². The molecule has 1 unspecified atom stereocenters. The first-order valence-corrected chi connectivity index (χ1v) is 14.0. The van der Waals surface area contributed by atoms with Gasteiger partial charge in [0.1, 0.15) is 5.82 Å². The molecule has 0 amide bonds. The fraction of sp³-hybridized carbons (Fsp3) is 0.333. The summed E-state index contributed by atoms with van der Waals surface area (Å²) in [4.78, 5) is 18.0. The van der Waals surface area contributed by atoms with Crippen LogP contribution in [0.25, 0.3) is 11.3 Å². The number of benzene rings is 2. The van der Waals surface area contributed by atoms with Crippen LogP contribution in [0.5, 0.6) is 0 Å². The number of para-hydroxylation sites is 1. The Hall–Kier alpha value is -3.97. The highest BCUT2D eigenvalue weighted by molar-refractivity contribution is 7.90. The van der Waals surface area contributed by atoms with Gasteiger partial charge in [0.25, 0.3) is 0 Å². The number of aromatic nitrogens is 2. The third-order valence-corrected chi connectivity index (χ3v) is 7.68. The summed E-state index contributed by atoms with van der Waals surface area (Å²) >= 11 is 0. The van der Waals surface area contributed by atoms with E-state index in [2.05, 4.69) is 43.9 Å². The van der Waals surface area contributed by atoms with E-state index in [9.17, 15) is 13.7 Å². The summed E-state index contributed by atoms with van der Waals surface area (Å²) < 4.78 is 23.4. The van der Waals surface area contributed by atoms with Crippen LogP contribution in [-0.2, 0) is 9.84 Å². The molecule has 1 saturated heterocycles. The van der Waals surface area contributed by atoms with E-state index in [4.69, 9.17) is 0 Å². The lowest BCUT2D eigenvalue weighted by molar-refractivity contribution is 0.224. The summed E-state index contributed by atoms with van der Waals surface area (Å²) in [6, 6.07) is 14.7. The van der Waals surface area contributed by atoms with Gasteiger partial charge in [0.15, 0.2) is 9.84 Å². The molecular weight excluding hydrogens is 486 g/mol. The molecule has 9 nitrogen and oxygen atoms in total. The third kappa shape index (κ3) is 6.06. The van der Waals surface area contributed by atoms with Crippen molar-refractivity contribution in [1.82, 2.24) is 14.9 Å². The fourth-order valence-corrected chi connectivity index (χ4v) is 5.03. The van der Waals surface area contributed by atoms with E-state index in [0.29, 0.717) is 37.2 Å². The number of guanidine groups is 1. The predicted octanol–water partition coefficient (Wildman–Crippen LogP) is 3.95. The number of aliphatic imine (C=N–C) groups is 1. The number of nitrogens with zero attached hydrogens (tertiary/aromatic N) is 6. The smallest absolute Gasteiger partial charge is 0.214 e. The van der Waals surface area contributed by atoms with Crippen molar-refractivity contribution in [2.45, 2.75) is 31.7 Å². The van der Waals surface area contributed by atoms with Gasteiger partial charge in [-0.15, -0.1) is 4.99 Å². The molecule has 192 valence electrons. The Labute approximate surface area is 218 Å². The second-order valence-electron chi connectivity index (χ2n) is 9.48. The number of piperazine rings is 1. The Balaban J connectivity index is 1.51. The van der Waals surface area contributed by atoms with Gasteiger partial charge in [-0.3, -0.25) is 4.98 Å². The van der Waals surface area contributed by atoms with E-state index >= 15 is 0 Å². The van der Waals surface area contributed by atoms with Gasteiger partial charge in [-0.05, 0) is 36.6 Å². The number of aryl methyl sites for hydroxylation is 1. The van der Waals surface area contributed by atoms with Crippen molar-refractivity contribution in [3.8, 4) is 17.5 Å². The van der Waals surface area contributed by atoms with Crippen LogP contribution in [0, 0.1) is 24.3 Å². The van der Waals surface area contributed by atoms with Gasteiger partial charge in [0.2, 0.25) is 12.2 Å². The zero-order valence-electron chi connectivity index (χ0n) is 21.5. The molecule has 0 bridgehead atoms. The van der Waals surface area contributed by atoms with E-state index in [1.807, 2.05) is 37.4 Å². The molecule has 0 spiro atoms. The third-order valence-electron chi connectivity index (χ3n) is 6.55. The van der Waals surface area contributed by atoms with Crippen molar-refractivity contribution >= 4 is 27.3 Å². The van der Waals surface area contributed by atoms with Crippen LogP contribution in [0.3, 0.4) is 0 Å². The number of hydrogen-bond donors (Lipinski definition) is 1. The van der Waals surface area contributed by atoms with Crippen molar-refractivity contribution in [1.29, 1.82) is 5.26 Å². The Morgan fingerprint density at radius 2 is 1.84 bits per heavy atom. The maximum Gasteiger partial charge on any atom is 0.214 e. The molecule has 4 rings (SSSR count). The zero-order chi connectivity index (χ0) is 26.6. The summed E-state index contributed by atoms with van der Waals surface area (Å²) in [6.07, 6.45) is 6.61. The molecule has 37 heavy (non-hydrogen) atoms. The molecular formula is C27H31N7O2S. The molecule has 1 aliphatic heterocycles. The van der Waals surface area contributed by atoms with Gasteiger partial charge in [0.05, 0.1) is 29.0 Å². The predicted molar refractivity (Wildman–Crippen MR) is 146 cm³/mol. The molecule has 3 aromatic rings. The fourth-order valence-electron chi connectivity index (χ4n) is 4.40. The average Bonchev–Trinajstić information content (AvgIpc) is 2.89. The molecule has 2 heterocycles. The second kappa shape index (κ2) is 11.0. The first kappa shape index (κ1) is 26.1. The minimum absolute atomic E-state index is 0.0994. The molecule has 2 aromatic carbocycles. The Morgan fingerprint density at radius 1 is 1.11 bits per heavy atom. The first-order chi connectivity index (χ1) is 17.7. The monoisotopic (exact) mass is 517 g/mol. The maximum absolute atomic E-state index is 11.7. The van der Waals surface area contributed by atoms with Crippen molar-refractivity contribution in [3.63, 3.8) is 0 Å². The van der Waals surface area contributed by atoms with Gasteiger partial charge in [-0.25, -0.2) is 13.4 Å². The molecule has 0 radical (unpaired) electrons. The zero-order valence-corrected chi connectivity index (χ0v) is 22.3. The van der Waals surface area contributed by atoms with Crippen LogP contribution < -0.4 is 10.2 Å². The summed E-state index contributed by atoms with van der Waals surface area (Å²) in [7, 11) is -3.25. The molecule has 1 fully saturated rings. The summed E-state index contributed by atoms with van der Waals surface area (Å²) in [5, 5.41) is 12.7. The van der Waals surface area contributed by atoms with Crippen LogP contribution in [0.15, 0.2) is 70.8 Å². The number of nitrogens with one attached hydrogen (secondary N) is 1. The number of rotatable bonds is 5. The molecule has 1 atom stereocenters.